The Bertz CT molecular complexity index is 750. The number of carboxylic acid groups (broad SMARTS) is 1. The predicted molar refractivity (Wildman–Crippen MR) is 106 cm³/mol. The fourth-order valence-corrected chi connectivity index (χ4v) is 3.68. The van der Waals surface area contributed by atoms with Gasteiger partial charge < -0.3 is 25.1 Å². The van der Waals surface area contributed by atoms with Gasteiger partial charge in [0.15, 0.2) is 0 Å². The highest BCUT2D eigenvalue weighted by Crippen LogP contribution is 2.31. The number of amides is 3. The van der Waals surface area contributed by atoms with Crippen LogP contribution in [0.2, 0.25) is 0 Å². The number of hydrogen-bond acceptors (Lipinski definition) is 4. The number of carbonyl (C=O) groups excluding carboxylic acids is 2. The molecule has 3 rings (SSSR count). The number of carbonyl (C=O) groups is 3. The molecular formula is C20H28N4O4. The molecule has 2 heterocycles. The van der Waals surface area contributed by atoms with Gasteiger partial charge in [0.05, 0.1) is 5.41 Å². The number of piperidine rings is 1. The second kappa shape index (κ2) is 8.08. The Labute approximate surface area is 165 Å². The van der Waals surface area contributed by atoms with Gasteiger partial charge in [-0.1, -0.05) is 6.07 Å². The highest BCUT2D eigenvalue weighted by atomic mass is 16.4. The Morgan fingerprint density at radius 3 is 2.21 bits per heavy atom. The van der Waals surface area contributed by atoms with Crippen molar-refractivity contribution in [3.05, 3.63) is 24.3 Å². The van der Waals surface area contributed by atoms with E-state index in [9.17, 15) is 19.5 Å². The lowest BCUT2D eigenvalue weighted by molar-refractivity contribution is -0.150. The molecular weight excluding hydrogens is 360 g/mol. The normalized spacial score (nSPS) is 19.3. The second-order valence-electron chi connectivity index (χ2n) is 7.83. The second-order valence-corrected chi connectivity index (χ2v) is 7.83. The minimum Gasteiger partial charge on any atom is -0.481 e. The lowest BCUT2D eigenvalue weighted by Gasteiger charge is -2.36. The number of anilines is 2. The summed E-state index contributed by atoms with van der Waals surface area (Å²) in [7, 11) is 0. The van der Waals surface area contributed by atoms with Crippen molar-refractivity contribution in [2.45, 2.75) is 26.7 Å². The molecule has 0 radical (unpaired) electrons. The van der Waals surface area contributed by atoms with Gasteiger partial charge in [-0.25, -0.2) is 4.79 Å². The van der Waals surface area contributed by atoms with E-state index in [2.05, 4.69) is 10.2 Å². The maximum atomic E-state index is 12.6. The van der Waals surface area contributed by atoms with Crippen LogP contribution in [0, 0.1) is 5.41 Å². The zero-order valence-electron chi connectivity index (χ0n) is 16.5. The van der Waals surface area contributed by atoms with Crippen molar-refractivity contribution in [3.8, 4) is 0 Å². The minimum absolute atomic E-state index is 0.0983. The molecule has 2 saturated heterocycles. The zero-order valence-corrected chi connectivity index (χ0v) is 16.5. The molecule has 152 valence electrons. The van der Waals surface area contributed by atoms with Gasteiger partial charge in [-0.3, -0.25) is 9.59 Å². The summed E-state index contributed by atoms with van der Waals surface area (Å²) in [5, 5.41) is 12.2. The first-order valence-corrected chi connectivity index (χ1v) is 9.68. The molecule has 0 unspecified atom stereocenters. The molecule has 1 aromatic carbocycles. The Kier molecular flexibility index (Phi) is 5.76. The molecule has 3 amide bonds. The summed E-state index contributed by atoms with van der Waals surface area (Å²) >= 11 is 0. The van der Waals surface area contributed by atoms with E-state index in [4.69, 9.17) is 0 Å². The molecule has 2 N–H and O–H groups in total. The number of nitrogens with zero attached hydrogens (tertiary/aromatic N) is 3. The molecule has 8 nitrogen and oxygen atoms in total. The molecule has 8 heteroatoms. The average molecular weight is 388 g/mol. The number of likely N-dealkylation sites (tertiary alicyclic amines) is 1. The number of carboxylic acids is 1. The zero-order chi connectivity index (χ0) is 20.3. The number of aliphatic carboxylic acids is 1. The third-order valence-corrected chi connectivity index (χ3v) is 5.86. The minimum atomic E-state index is -0.801. The summed E-state index contributed by atoms with van der Waals surface area (Å²) in [5.41, 5.74) is 0.972. The van der Waals surface area contributed by atoms with Crippen LogP contribution in [-0.2, 0) is 9.59 Å². The molecule has 0 saturated carbocycles. The van der Waals surface area contributed by atoms with Crippen LogP contribution < -0.4 is 10.2 Å². The van der Waals surface area contributed by atoms with Gasteiger partial charge in [-0.15, -0.1) is 0 Å². The largest absolute Gasteiger partial charge is 0.481 e. The molecule has 0 aliphatic carbocycles. The van der Waals surface area contributed by atoms with Gasteiger partial charge in [-0.05, 0) is 38.0 Å². The van der Waals surface area contributed by atoms with Crippen LogP contribution >= 0.6 is 0 Å². The third-order valence-electron chi connectivity index (χ3n) is 5.86. The topological polar surface area (TPSA) is 93.2 Å². The van der Waals surface area contributed by atoms with Gasteiger partial charge in [0.2, 0.25) is 5.91 Å². The van der Waals surface area contributed by atoms with Gasteiger partial charge in [-0.2, -0.15) is 0 Å². The molecule has 0 bridgehead atoms. The van der Waals surface area contributed by atoms with Crippen molar-refractivity contribution in [1.29, 1.82) is 0 Å². The first kappa shape index (κ1) is 20.0. The van der Waals surface area contributed by atoms with Crippen molar-refractivity contribution in [2.75, 3.05) is 49.5 Å². The van der Waals surface area contributed by atoms with E-state index in [0.29, 0.717) is 44.7 Å². The molecule has 2 aliphatic rings. The van der Waals surface area contributed by atoms with E-state index < -0.39 is 11.4 Å². The SMILES string of the molecule is CC(=O)N1CCN(c2cccc(NC(=O)N3CCC(C)(C(=O)O)CC3)c2)CC1. The first-order chi connectivity index (χ1) is 13.3. The van der Waals surface area contributed by atoms with E-state index in [0.717, 1.165) is 18.8 Å². The van der Waals surface area contributed by atoms with Crippen molar-refractivity contribution < 1.29 is 19.5 Å². The Morgan fingerprint density at radius 2 is 1.64 bits per heavy atom. The van der Waals surface area contributed by atoms with Crippen LogP contribution in [0.3, 0.4) is 0 Å². The summed E-state index contributed by atoms with van der Waals surface area (Å²) in [6.07, 6.45) is 0.909. The number of benzene rings is 1. The van der Waals surface area contributed by atoms with E-state index in [1.165, 1.54) is 0 Å². The van der Waals surface area contributed by atoms with Crippen LogP contribution in [-0.4, -0.2) is 72.1 Å². The third kappa shape index (κ3) is 4.37. The van der Waals surface area contributed by atoms with E-state index in [1.54, 1.807) is 18.7 Å². The van der Waals surface area contributed by atoms with E-state index in [-0.39, 0.29) is 11.9 Å². The van der Waals surface area contributed by atoms with Crippen LogP contribution in [0.25, 0.3) is 0 Å². The van der Waals surface area contributed by atoms with E-state index >= 15 is 0 Å². The van der Waals surface area contributed by atoms with Crippen molar-refractivity contribution in [2.24, 2.45) is 5.41 Å². The van der Waals surface area contributed by atoms with E-state index in [1.807, 2.05) is 29.2 Å². The number of piperazine rings is 1. The lowest BCUT2D eigenvalue weighted by Crippen LogP contribution is -2.48. The van der Waals surface area contributed by atoms with Crippen LogP contribution in [0.1, 0.15) is 26.7 Å². The number of rotatable bonds is 3. The fourth-order valence-electron chi connectivity index (χ4n) is 3.68. The standard InChI is InChI=1S/C20H28N4O4/c1-15(25)22-10-12-23(13-11-22)17-5-3-4-16(14-17)21-19(28)24-8-6-20(2,7-9-24)18(26)27/h3-5,14H,6-13H2,1-2H3,(H,21,28)(H,26,27). The Hall–Kier alpha value is -2.77. The average Bonchev–Trinajstić information content (AvgIpc) is 2.68. The summed E-state index contributed by atoms with van der Waals surface area (Å²) in [4.78, 5) is 41.1. The van der Waals surface area contributed by atoms with Crippen LogP contribution in [0.4, 0.5) is 16.2 Å². The van der Waals surface area contributed by atoms with Crippen LogP contribution in [0.15, 0.2) is 24.3 Å². The quantitative estimate of drug-likeness (QED) is 0.827. The smallest absolute Gasteiger partial charge is 0.321 e. The highest BCUT2D eigenvalue weighted by molar-refractivity contribution is 5.90. The Morgan fingerprint density at radius 1 is 1.00 bits per heavy atom. The first-order valence-electron chi connectivity index (χ1n) is 9.68. The Balaban J connectivity index is 1.57. The molecule has 0 aromatic heterocycles. The van der Waals surface area contributed by atoms with Crippen molar-refractivity contribution in [1.82, 2.24) is 9.80 Å². The van der Waals surface area contributed by atoms with Gasteiger partial charge >= 0.3 is 12.0 Å². The molecule has 0 spiro atoms. The number of hydrogen-bond donors (Lipinski definition) is 2. The summed E-state index contributed by atoms with van der Waals surface area (Å²) in [5.74, 6) is -0.702. The summed E-state index contributed by atoms with van der Waals surface area (Å²) in [6.45, 7) is 7.10. The summed E-state index contributed by atoms with van der Waals surface area (Å²) < 4.78 is 0. The molecule has 0 atom stereocenters. The van der Waals surface area contributed by atoms with Crippen LogP contribution in [0.5, 0.6) is 0 Å². The monoisotopic (exact) mass is 388 g/mol. The van der Waals surface area contributed by atoms with Gasteiger partial charge in [0.25, 0.3) is 0 Å². The van der Waals surface area contributed by atoms with Crippen molar-refractivity contribution in [3.63, 3.8) is 0 Å². The van der Waals surface area contributed by atoms with Gasteiger partial charge in [0, 0.05) is 57.6 Å². The van der Waals surface area contributed by atoms with Gasteiger partial charge in [0.1, 0.15) is 0 Å². The molecule has 2 aliphatic heterocycles. The maximum absolute atomic E-state index is 12.6. The number of nitrogens with one attached hydrogen (secondary N) is 1. The molecule has 28 heavy (non-hydrogen) atoms. The molecule has 2 fully saturated rings. The molecule has 1 aromatic rings. The maximum Gasteiger partial charge on any atom is 0.321 e. The fraction of sp³-hybridized carbons (Fsp3) is 0.550. The number of urea groups is 1. The lowest BCUT2D eigenvalue weighted by atomic mass is 9.80. The highest BCUT2D eigenvalue weighted by Gasteiger charge is 2.38. The van der Waals surface area contributed by atoms with Crippen molar-refractivity contribution >= 4 is 29.3 Å². The predicted octanol–water partition coefficient (Wildman–Crippen LogP) is 2.07. The summed E-state index contributed by atoms with van der Waals surface area (Å²) in [6, 6.07) is 7.48.